The highest BCUT2D eigenvalue weighted by molar-refractivity contribution is 7.98. The first-order valence-electron chi connectivity index (χ1n) is 5.57. The smallest absolute Gasteiger partial charge is 0.0925 e. The van der Waals surface area contributed by atoms with Crippen molar-refractivity contribution in [2.24, 2.45) is 0 Å². The Morgan fingerprint density at radius 2 is 2.06 bits per heavy atom. The Morgan fingerprint density at radius 3 is 2.65 bits per heavy atom. The van der Waals surface area contributed by atoms with Gasteiger partial charge in [-0.15, -0.1) is 23.1 Å². The lowest BCUT2D eigenvalue weighted by Gasteiger charge is -2.00. The van der Waals surface area contributed by atoms with Crippen LogP contribution in [0.25, 0.3) is 0 Å². The largest absolute Gasteiger partial charge is 0.392 e. The number of benzene rings is 1. The lowest BCUT2D eigenvalue weighted by atomic mass is 10.2. The number of thiazole rings is 1. The van der Waals surface area contributed by atoms with E-state index in [4.69, 9.17) is 5.11 Å². The first kappa shape index (κ1) is 12.6. The fourth-order valence-electron chi connectivity index (χ4n) is 1.43. The monoisotopic (exact) mass is 265 g/mol. The molecular weight excluding hydrogens is 250 g/mol. The van der Waals surface area contributed by atoms with Crippen LogP contribution in [0, 0.1) is 0 Å². The van der Waals surface area contributed by atoms with Crippen molar-refractivity contribution in [1.29, 1.82) is 0 Å². The van der Waals surface area contributed by atoms with Gasteiger partial charge in [0.1, 0.15) is 0 Å². The molecule has 0 atom stereocenters. The molecule has 2 nitrogen and oxygen atoms in total. The van der Waals surface area contributed by atoms with Gasteiger partial charge in [0.2, 0.25) is 0 Å². The third-order valence-corrected chi connectivity index (χ3v) is 4.48. The fourth-order valence-corrected chi connectivity index (χ4v) is 3.07. The van der Waals surface area contributed by atoms with Crippen LogP contribution < -0.4 is 0 Å². The van der Waals surface area contributed by atoms with E-state index in [1.807, 2.05) is 24.3 Å². The van der Waals surface area contributed by atoms with E-state index in [9.17, 15) is 0 Å². The minimum absolute atomic E-state index is 0.108. The maximum Gasteiger partial charge on any atom is 0.0925 e. The average Bonchev–Trinajstić information content (AvgIpc) is 2.85. The molecule has 0 aliphatic rings. The minimum atomic E-state index is 0.108. The van der Waals surface area contributed by atoms with E-state index in [0.29, 0.717) is 0 Å². The number of aliphatic hydroxyl groups excluding tert-OH is 1. The first-order valence-corrected chi connectivity index (χ1v) is 7.44. The van der Waals surface area contributed by atoms with E-state index >= 15 is 0 Å². The molecule has 0 aliphatic heterocycles. The van der Waals surface area contributed by atoms with E-state index in [0.717, 1.165) is 23.4 Å². The topological polar surface area (TPSA) is 33.1 Å². The summed E-state index contributed by atoms with van der Waals surface area (Å²) in [6.45, 7) is 2.24. The van der Waals surface area contributed by atoms with Crippen molar-refractivity contribution in [1.82, 2.24) is 4.98 Å². The molecule has 4 heteroatoms. The van der Waals surface area contributed by atoms with Gasteiger partial charge in [0.15, 0.2) is 0 Å². The highest BCUT2D eigenvalue weighted by Crippen LogP contribution is 2.24. The van der Waals surface area contributed by atoms with Crippen LogP contribution in [0.5, 0.6) is 0 Å². The summed E-state index contributed by atoms with van der Waals surface area (Å²) in [7, 11) is 0. The number of aromatic nitrogens is 1. The van der Waals surface area contributed by atoms with Crippen LogP contribution in [0.3, 0.4) is 0 Å². The quantitative estimate of drug-likeness (QED) is 0.840. The van der Waals surface area contributed by atoms with E-state index < -0.39 is 0 Å². The van der Waals surface area contributed by atoms with Crippen LogP contribution in [0.2, 0.25) is 0 Å². The molecule has 90 valence electrons. The second-order valence-corrected chi connectivity index (χ2v) is 5.67. The Bertz CT molecular complexity index is 465. The number of nitrogens with zero attached hydrogens (tertiary/aromatic N) is 1. The number of hydrogen-bond donors (Lipinski definition) is 1. The van der Waals surface area contributed by atoms with Gasteiger partial charge < -0.3 is 5.11 Å². The summed E-state index contributed by atoms with van der Waals surface area (Å²) in [5.74, 6) is 0.912. The summed E-state index contributed by atoms with van der Waals surface area (Å²) in [4.78, 5) is 5.75. The zero-order valence-electron chi connectivity index (χ0n) is 9.72. The van der Waals surface area contributed by atoms with Crippen molar-refractivity contribution in [3.63, 3.8) is 0 Å². The number of hydrogen-bond acceptors (Lipinski definition) is 4. The summed E-state index contributed by atoms with van der Waals surface area (Å²) < 4.78 is 0. The van der Waals surface area contributed by atoms with Gasteiger partial charge in [-0.2, -0.15) is 0 Å². The first-order chi connectivity index (χ1) is 8.31. The highest BCUT2D eigenvalue weighted by Gasteiger charge is 2.01. The molecule has 17 heavy (non-hydrogen) atoms. The zero-order chi connectivity index (χ0) is 12.1. The molecule has 1 aromatic heterocycles. The van der Waals surface area contributed by atoms with E-state index in [2.05, 4.69) is 17.3 Å². The van der Waals surface area contributed by atoms with Gasteiger partial charge in [0.25, 0.3) is 0 Å². The van der Waals surface area contributed by atoms with Crippen molar-refractivity contribution in [2.45, 2.75) is 30.6 Å². The third-order valence-electron chi connectivity index (χ3n) is 2.39. The molecule has 0 saturated heterocycles. The maximum absolute atomic E-state index is 8.95. The summed E-state index contributed by atoms with van der Waals surface area (Å²) >= 11 is 3.51. The number of aryl methyl sites for hydroxylation is 1. The maximum atomic E-state index is 8.95. The fraction of sp³-hybridized carbons (Fsp3) is 0.308. The molecule has 0 fully saturated rings. The predicted octanol–water partition coefficient (Wildman–Crippen LogP) is 3.49. The third kappa shape index (κ3) is 3.56. The van der Waals surface area contributed by atoms with Gasteiger partial charge in [-0.25, -0.2) is 4.98 Å². The molecule has 0 spiro atoms. The van der Waals surface area contributed by atoms with Crippen LogP contribution in [-0.2, 0) is 18.8 Å². The lowest BCUT2D eigenvalue weighted by Crippen LogP contribution is -1.84. The molecule has 2 aromatic rings. The van der Waals surface area contributed by atoms with Crippen LogP contribution in [0.1, 0.15) is 23.2 Å². The SMILES string of the molecule is CCc1nc(CSc2ccc(CO)cc2)cs1. The molecule has 0 unspecified atom stereocenters. The second kappa shape index (κ2) is 6.19. The predicted molar refractivity (Wildman–Crippen MR) is 73.4 cm³/mol. The summed E-state index contributed by atoms with van der Waals surface area (Å²) in [5.41, 5.74) is 2.11. The van der Waals surface area contributed by atoms with Crippen LogP contribution in [-0.4, -0.2) is 10.1 Å². The molecular formula is C13H15NOS2. The molecule has 0 bridgehead atoms. The summed E-state index contributed by atoms with van der Waals surface area (Å²) in [6, 6.07) is 8.01. The van der Waals surface area contributed by atoms with Gasteiger partial charge in [0, 0.05) is 16.0 Å². The molecule has 0 amide bonds. The van der Waals surface area contributed by atoms with Gasteiger partial charge in [-0.1, -0.05) is 19.1 Å². The van der Waals surface area contributed by atoms with E-state index in [1.54, 1.807) is 23.1 Å². The Labute approximate surface area is 110 Å². The highest BCUT2D eigenvalue weighted by atomic mass is 32.2. The summed E-state index contributed by atoms with van der Waals surface area (Å²) in [6.07, 6.45) is 1.01. The number of rotatable bonds is 5. The molecule has 0 radical (unpaired) electrons. The molecule has 0 aliphatic carbocycles. The Balaban J connectivity index is 1.92. The Morgan fingerprint density at radius 1 is 1.29 bits per heavy atom. The van der Waals surface area contributed by atoms with E-state index in [1.165, 1.54) is 9.90 Å². The molecule has 1 heterocycles. The standard InChI is InChI=1S/C13H15NOS2/c1-2-13-14-11(9-17-13)8-16-12-5-3-10(7-15)4-6-12/h3-6,9,15H,2,7-8H2,1H3. The van der Waals surface area contributed by atoms with Gasteiger partial charge in [-0.05, 0) is 24.1 Å². The molecule has 2 rings (SSSR count). The second-order valence-electron chi connectivity index (χ2n) is 3.68. The van der Waals surface area contributed by atoms with Crippen molar-refractivity contribution in [3.8, 4) is 0 Å². The number of aliphatic hydroxyl groups is 1. The van der Waals surface area contributed by atoms with Crippen molar-refractivity contribution in [2.75, 3.05) is 0 Å². The van der Waals surface area contributed by atoms with Crippen LogP contribution in [0.15, 0.2) is 34.5 Å². The van der Waals surface area contributed by atoms with Crippen molar-refractivity contribution in [3.05, 3.63) is 45.9 Å². The Hall–Kier alpha value is -0.840. The number of thioether (sulfide) groups is 1. The van der Waals surface area contributed by atoms with Crippen LogP contribution >= 0.6 is 23.1 Å². The normalized spacial score (nSPS) is 10.7. The Kier molecular flexibility index (Phi) is 4.59. The molecule has 0 saturated carbocycles. The lowest BCUT2D eigenvalue weighted by molar-refractivity contribution is 0.282. The van der Waals surface area contributed by atoms with Gasteiger partial charge in [0.05, 0.1) is 17.3 Å². The average molecular weight is 265 g/mol. The van der Waals surface area contributed by atoms with Crippen LogP contribution in [0.4, 0.5) is 0 Å². The molecule has 1 aromatic carbocycles. The molecule has 1 N–H and O–H groups in total. The van der Waals surface area contributed by atoms with E-state index in [-0.39, 0.29) is 6.61 Å². The van der Waals surface area contributed by atoms with Gasteiger partial charge in [-0.3, -0.25) is 0 Å². The zero-order valence-corrected chi connectivity index (χ0v) is 11.4. The minimum Gasteiger partial charge on any atom is -0.392 e. The summed E-state index contributed by atoms with van der Waals surface area (Å²) in [5, 5.41) is 12.3. The van der Waals surface area contributed by atoms with Crippen molar-refractivity contribution >= 4 is 23.1 Å². The van der Waals surface area contributed by atoms with Gasteiger partial charge >= 0.3 is 0 Å². The van der Waals surface area contributed by atoms with Crippen molar-refractivity contribution < 1.29 is 5.11 Å².